The van der Waals surface area contributed by atoms with Crippen molar-refractivity contribution in [1.82, 2.24) is 9.80 Å². The normalized spacial score (nSPS) is 29.4. The second-order valence-electron chi connectivity index (χ2n) is 7.38. The molecule has 2 aliphatic heterocycles. The molecule has 0 spiro atoms. The molecule has 3 amide bonds. The molecular weight excluding hydrogens is 336 g/mol. The fourth-order valence-corrected chi connectivity index (χ4v) is 5.39. The van der Waals surface area contributed by atoms with Crippen LogP contribution in [0.2, 0.25) is 0 Å². The van der Waals surface area contributed by atoms with E-state index >= 15 is 0 Å². The Hall–Kier alpha value is -1.69. The van der Waals surface area contributed by atoms with Crippen LogP contribution in [0.1, 0.15) is 56.6 Å². The minimum atomic E-state index is -0.123. The molecule has 134 valence electrons. The van der Waals surface area contributed by atoms with Crippen LogP contribution in [0.5, 0.6) is 0 Å². The lowest BCUT2D eigenvalue weighted by Crippen LogP contribution is -2.37. The summed E-state index contributed by atoms with van der Waals surface area (Å²) in [6, 6.07) is 2.24. The molecule has 25 heavy (non-hydrogen) atoms. The van der Waals surface area contributed by atoms with E-state index in [0.717, 1.165) is 45.1 Å². The van der Waals surface area contributed by atoms with Gasteiger partial charge in [-0.3, -0.25) is 19.3 Å². The van der Waals surface area contributed by atoms with Crippen LogP contribution in [-0.2, 0) is 14.4 Å². The van der Waals surface area contributed by atoms with Crippen molar-refractivity contribution in [2.75, 3.05) is 13.1 Å². The summed E-state index contributed by atoms with van der Waals surface area (Å²) in [6.45, 7) is 1.02. The first kappa shape index (κ1) is 16.8. The quantitative estimate of drug-likeness (QED) is 0.776. The van der Waals surface area contributed by atoms with Crippen molar-refractivity contribution in [1.29, 1.82) is 0 Å². The number of imide groups is 1. The van der Waals surface area contributed by atoms with E-state index in [4.69, 9.17) is 0 Å². The molecule has 1 aliphatic carbocycles. The highest BCUT2D eigenvalue weighted by atomic mass is 32.1. The van der Waals surface area contributed by atoms with Crippen LogP contribution in [0, 0.1) is 11.8 Å². The van der Waals surface area contributed by atoms with Gasteiger partial charge >= 0.3 is 0 Å². The van der Waals surface area contributed by atoms with Crippen LogP contribution in [-0.4, -0.2) is 40.6 Å². The Morgan fingerprint density at radius 3 is 2.44 bits per heavy atom. The standard InChI is InChI=1S/C19H24N2O3S/c22-17(20-9-3-6-16(20)13-8-11-25-12-13)7-10-21-18(23)14-4-1-2-5-15(14)19(21)24/h8,11-12,14-16H,1-7,9-10H2/t14-,15+,16-/m0/s1. The molecule has 0 aromatic carbocycles. The van der Waals surface area contributed by atoms with Crippen molar-refractivity contribution in [3.63, 3.8) is 0 Å². The van der Waals surface area contributed by atoms with Gasteiger partial charge in [0, 0.05) is 19.5 Å². The first-order valence-corrected chi connectivity index (χ1v) is 10.3. The van der Waals surface area contributed by atoms with Crippen LogP contribution in [0.15, 0.2) is 16.8 Å². The molecule has 0 unspecified atom stereocenters. The first-order chi connectivity index (χ1) is 12.2. The number of fused-ring (bicyclic) bond motifs is 1. The fourth-order valence-electron chi connectivity index (χ4n) is 4.68. The minimum absolute atomic E-state index is 0.0432. The summed E-state index contributed by atoms with van der Waals surface area (Å²) in [4.78, 5) is 41.0. The number of rotatable bonds is 4. The van der Waals surface area contributed by atoms with Crippen molar-refractivity contribution in [3.8, 4) is 0 Å². The predicted octanol–water partition coefficient (Wildman–Crippen LogP) is 2.98. The van der Waals surface area contributed by atoms with Crippen LogP contribution in [0.25, 0.3) is 0 Å². The van der Waals surface area contributed by atoms with Crippen LogP contribution >= 0.6 is 11.3 Å². The molecule has 0 bridgehead atoms. The monoisotopic (exact) mass is 360 g/mol. The van der Waals surface area contributed by atoms with Crippen molar-refractivity contribution >= 4 is 29.1 Å². The lowest BCUT2D eigenvalue weighted by Gasteiger charge is -2.25. The summed E-state index contributed by atoms with van der Waals surface area (Å²) in [5.41, 5.74) is 1.20. The Labute approximate surface area is 152 Å². The fraction of sp³-hybridized carbons (Fsp3) is 0.632. The van der Waals surface area contributed by atoms with Gasteiger partial charge in [0.05, 0.1) is 17.9 Å². The Morgan fingerprint density at radius 2 is 1.80 bits per heavy atom. The van der Waals surface area contributed by atoms with Gasteiger partial charge in [0.2, 0.25) is 17.7 Å². The Balaban J connectivity index is 1.38. The maximum absolute atomic E-state index is 12.7. The van der Waals surface area contributed by atoms with E-state index in [1.165, 1.54) is 10.5 Å². The average molecular weight is 360 g/mol. The minimum Gasteiger partial charge on any atom is -0.336 e. The summed E-state index contributed by atoms with van der Waals surface area (Å²) in [5, 5.41) is 4.15. The van der Waals surface area contributed by atoms with E-state index in [0.29, 0.717) is 0 Å². The smallest absolute Gasteiger partial charge is 0.233 e. The van der Waals surface area contributed by atoms with E-state index in [-0.39, 0.29) is 48.6 Å². The molecular formula is C19H24N2O3S. The molecule has 0 radical (unpaired) electrons. The lowest BCUT2D eigenvalue weighted by atomic mass is 9.81. The maximum Gasteiger partial charge on any atom is 0.233 e. The summed E-state index contributed by atoms with van der Waals surface area (Å²) in [5.74, 6) is -0.274. The second-order valence-corrected chi connectivity index (χ2v) is 8.16. The van der Waals surface area contributed by atoms with Gasteiger partial charge in [-0.2, -0.15) is 11.3 Å². The number of thiophene rings is 1. The molecule has 3 heterocycles. The molecule has 4 rings (SSSR count). The maximum atomic E-state index is 12.7. The molecule has 1 saturated carbocycles. The van der Waals surface area contributed by atoms with Crippen molar-refractivity contribution < 1.29 is 14.4 Å². The van der Waals surface area contributed by atoms with Gasteiger partial charge < -0.3 is 4.90 Å². The van der Waals surface area contributed by atoms with Crippen molar-refractivity contribution in [2.24, 2.45) is 11.8 Å². The molecule has 5 nitrogen and oxygen atoms in total. The predicted molar refractivity (Wildman–Crippen MR) is 94.8 cm³/mol. The number of carbonyl (C=O) groups is 3. The zero-order valence-electron chi connectivity index (χ0n) is 14.4. The van der Waals surface area contributed by atoms with Gasteiger partial charge in [0.15, 0.2) is 0 Å². The van der Waals surface area contributed by atoms with E-state index in [2.05, 4.69) is 11.4 Å². The van der Waals surface area contributed by atoms with Crippen molar-refractivity contribution in [2.45, 2.75) is 51.0 Å². The molecule has 2 saturated heterocycles. The number of hydrogen-bond donors (Lipinski definition) is 0. The van der Waals surface area contributed by atoms with Gasteiger partial charge in [-0.1, -0.05) is 12.8 Å². The lowest BCUT2D eigenvalue weighted by molar-refractivity contribution is -0.141. The van der Waals surface area contributed by atoms with Gasteiger partial charge in [-0.25, -0.2) is 0 Å². The number of likely N-dealkylation sites (tertiary alicyclic amines) is 2. The second kappa shape index (κ2) is 6.90. The molecule has 1 aromatic rings. The summed E-state index contributed by atoms with van der Waals surface area (Å²) in [6.07, 6.45) is 5.97. The Bertz CT molecular complexity index is 648. The molecule has 3 atom stereocenters. The molecule has 3 aliphatic rings. The number of hydrogen-bond acceptors (Lipinski definition) is 4. The van der Waals surface area contributed by atoms with Gasteiger partial charge in [0.25, 0.3) is 0 Å². The zero-order valence-corrected chi connectivity index (χ0v) is 15.2. The SMILES string of the molecule is O=C1[C@H]2CCCC[C@H]2C(=O)N1CCC(=O)N1CCC[C@H]1c1ccsc1. The van der Waals surface area contributed by atoms with Crippen LogP contribution < -0.4 is 0 Å². The van der Waals surface area contributed by atoms with E-state index in [1.54, 1.807) is 11.3 Å². The highest BCUT2D eigenvalue weighted by Crippen LogP contribution is 2.38. The molecule has 3 fully saturated rings. The van der Waals surface area contributed by atoms with Gasteiger partial charge in [-0.15, -0.1) is 0 Å². The van der Waals surface area contributed by atoms with E-state index < -0.39 is 0 Å². The van der Waals surface area contributed by atoms with Gasteiger partial charge in [-0.05, 0) is 48.1 Å². The number of nitrogens with zero attached hydrogens (tertiary/aromatic N) is 2. The third kappa shape index (κ3) is 3.01. The molecule has 6 heteroatoms. The summed E-state index contributed by atoms with van der Waals surface area (Å²) < 4.78 is 0. The molecule has 0 N–H and O–H groups in total. The zero-order chi connectivity index (χ0) is 17.4. The van der Waals surface area contributed by atoms with E-state index in [9.17, 15) is 14.4 Å². The van der Waals surface area contributed by atoms with E-state index in [1.807, 2.05) is 10.3 Å². The third-order valence-corrected chi connectivity index (χ3v) is 6.68. The van der Waals surface area contributed by atoms with Crippen molar-refractivity contribution in [3.05, 3.63) is 22.4 Å². The first-order valence-electron chi connectivity index (χ1n) is 9.33. The number of amides is 3. The summed E-state index contributed by atoms with van der Waals surface area (Å²) >= 11 is 1.65. The number of carbonyl (C=O) groups excluding carboxylic acids is 3. The topological polar surface area (TPSA) is 57.7 Å². The Kier molecular flexibility index (Phi) is 4.63. The Morgan fingerprint density at radius 1 is 1.08 bits per heavy atom. The highest BCUT2D eigenvalue weighted by molar-refractivity contribution is 7.08. The summed E-state index contributed by atoms with van der Waals surface area (Å²) in [7, 11) is 0. The largest absolute Gasteiger partial charge is 0.336 e. The molecule has 1 aromatic heterocycles. The highest BCUT2D eigenvalue weighted by Gasteiger charge is 2.48. The van der Waals surface area contributed by atoms with Crippen LogP contribution in [0.4, 0.5) is 0 Å². The third-order valence-electron chi connectivity index (χ3n) is 5.98. The van der Waals surface area contributed by atoms with Crippen LogP contribution in [0.3, 0.4) is 0 Å². The van der Waals surface area contributed by atoms with Gasteiger partial charge in [0.1, 0.15) is 0 Å². The average Bonchev–Trinajstić information content (AvgIpc) is 3.35.